The molecule has 0 aliphatic rings. The van der Waals surface area contributed by atoms with E-state index in [4.69, 9.17) is 4.43 Å². The van der Waals surface area contributed by atoms with Crippen LogP contribution in [0, 0.1) is 0 Å². The predicted octanol–water partition coefficient (Wildman–Crippen LogP) is 4.40. The number of hydrogen-bond acceptors (Lipinski definition) is 2. The minimum absolute atomic E-state index is 0.220. The SMILES string of the molecule is CC(C)(C)[Si](C)(C)OCc1cc2ccc(O)cc2[nH]1. The van der Waals surface area contributed by atoms with E-state index in [1.54, 1.807) is 12.1 Å². The van der Waals surface area contributed by atoms with E-state index < -0.39 is 8.32 Å². The predicted molar refractivity (Wildman–Crippen MR) is 81.9 cm³/mol. The van der Waals surface area contributed by atoms with Crippen LogP contribution in [0.5, 0.6) is 5.75 Å². The molecule has 0 bridgehead atoms. The summed E-state index contributed by atoms with van der Waals surface area (Å²) in [6, 6.07) is 7.44. The number of phenols is 1. The van der Waals surface area contributed by atoms with Crippen molar-refractivity contribution in [3.63, 3.8) is 0 Å². The van der Waals surface area contributed by atoms with Crippen LogP contribution in [0.3, 0.4) is 0 Å². The van der Waals surface area contributed by atoms with Crippen LogP contribution in [0.15, 0.2) is 24.3 Å². The summed E-state index contributed by atoms with van der Waals surface area (Å²) in [6.45, 7) is 11.8. The lowest BCUT2D eigenvalue weighted by Gasteiger charge is -2.36. The van der Waals surface area contributed by atoms with Crippen LogP contribution in [-0.4, -0.2) is 18.4 Å². The first-order valence-electron chi connectivity index (χ1n) is 6.64. The lowest BCUT2D eigenvalue weighted by molar-refractivity contribution is 0.273. The second-order valence-electron chi connectivity index (χ2n) is 6.62. The van der Waals surface area contributed by atoms with Gasteiger partial charge in [0.1, 0.15) is 5.75 Å². The highest BCUT2D eigenvalue weighted by Gasteiger charge is 2.37. The number of rotatable bonds is 3. The summed E-state index contributed by atoms with van der Waals surface area (Å²) in [4.78, 5) is 3.30. The molecule has 2 aromatic rings. The van der Waals surface area contributed by atoms with Crippen molar-refractivity contribution >= 4 is 19.2 Å². The topological polar surface area (TPSA) is 45.2 Å². The standard InChI is InChI=1S/C15H23NO2Si/c1-15(2,3)19(4,5)18-10-12-8-11-6-7-13(17)9-14(11)16-12/h6-9,16-17H,10H2,1-5H3. The molecule has 0 aliphatic heterocycles. The third kappa shape index (κ3) is 3.01. The van der Waals surface area contributed by atoms with Crippen LogP contribution in [0.1, 0.15) is 26.5 Å². The molecule has 0 radical (unpaired) electrons. The first-order valence-corrected chi connectivity index (χ1v) is 9.54. The van der Waals surface area contributed by atoms with Crippen molar-refractivity contribution in [3.05, 3.63) is 30.0 Å². The van der Waals surface area contributed by atoms with Gasteiger partial charge < -0.3 is 14.5 Å². The number of benzene rings is 1. The molecule has 2 N–H and O–H groups in total. The van der Waals surface area contributed by atoms with Gasteiger partial charge in [0, 0.05) is 22.7 Å². The Morgan fingerprint density at radius 3 is 2.53 bits per heavy atom. The van der Waals surface area contributed by atoms with Gasteiger partial charge >= 0.3 is 0 Å². The third-order valence-corrected chi connectivity index (χ3v) is 8.53. The van der Waals surface area contributed by atoms with Crippen molar-refractivity contribution in [1.29, 1.82) is 0 Å². The number of aromatic nitrogens is 1. The number of aromatic hydroxyl groups is 1. The lowest BCUT2D eigenvalue weighted by Crippen LogP contribution is -2.40. The molecule has 2 rings (SSSR count). The molecule has 3 nitrogen and oxygen atoms in total. The maximum absolute atomic E-state index is 9.46. The zero-order valence-corrected chi connectivity index (χ0v) is 13.4. The van der Waals surface area contributed by atoms with Gasteiger partial charge in [0.15, 0.2) is 8.32 Å². The van der Waals surface area contributed by atoms with Gasteiger partial charge in [-0.1, -0.05) is 20.8 Å². The fourth-order valence-corrected chi connectivity index (χ4v) is 2.68. The van der Waals surface area contributed by atoms with Crippen molar-refractivity contribution in [3.8, 4) is 5.75 Å². The number of nitrogens with one attached hydrogen (secondary N) is 1. The van der Waals surface area contributed by atoms with Gasteiger partial charge in [0.05, 0.1) is 6.61 Å². The Morgan fingerprint density at radius 1 is 1.21 bits per heavy atom. The highest BCUT2D eigenvalue weighted by atomic mass is 28.4. The Morgan fingerprint density at radius 2 is 1.89 bits per heavy atom. The highest BCUT2D eigenvalue weighted by Crippen LogP contribution is 2.37. The Bertz CT molecular complexity index is 581. The molecule has 0 saturated carbocycles. The normalized spacial score (nSPS) is 13.1. The minimum atomic E-state index is -1.72. The molecule has 104 valence electrons. The van der Waals surface area contributed by atoms with Gasteiger partial charge in [-0.2, -0.15) is 0 Å². The summed E-state index contributed by atoms with van der Waals surface area (Å²) in [5.74, 6) is 0.284. The first-order chi connectivity index (χ1) is 8.69. The fourth-order valence-electron chi connectivity index (χ4n) is 1.73. The second-order valence-corrected chi connectivity index (χ2v) is 11.4. The van der Waals surface area contributed by atoms with E-state index in [0.29, 0.717) is 6.61 Å². The van der Waals surface area contributed by atoms with Crippen LogP contribution >= 0.6 is 0 Å². The zero-order valence-electron chi connectivity index (χ0n) is 12.4. The molecule has 0 unspecified atom stereocenters. The zero-order chi connectivity index (χ0) is 14.3. The van der Waals surface area contributed by atoms with Crippen molar-refractivity contribution in [2.24, 2.45) is 0 Å². The summed E-state index contributed by atoms with van der Waals surface area (Å²) < 4.78 is 6.18. The van der Waals surface area contributed by atoms with Crippen LogP contribution in [0.4, 0.5) is 0 Å². The monoisotopic (exact) mass is 277 g/mol. The van der Waals surface area contributed by atoms with Crippen LogP contribution in [0.25, 0.3) is 10.9 Å². The lowest BCUT2D eigenvalue weighted by atomic mass is 10.2. The molecule has 19 heavy (non-hydrogen) atoms. The summed E-state index contributed by atoms with van der Waals surface area (Å²) in [6.07, 6.45) is 0. The average molecular weight is 277 g/mol. The van der Waals surface area contributed by atoms with Crippen molar-refractivity contribution < 1.29 is 9.53 Å². The first kappa shape index (κ1) is 14.2. The summed E-state index contributed by atoms with van der Waals surface area (Å²) in [7, 11) is -1.72. The average Bonchev–Trinajstić information content (AvgIpc) is 2.67. The van der Waals surface area contributed by atoms with E-state index >= 15 is 0 Å². The van der Waals surface area contributed by atoms with Crippen molar-refractivity contribution in [2.75, 3.05) is 0 Å². The van der Waals surface area contributed by atoms with Gasteiger partial charge in [-0.3, -0.25) is 0 Å². The molecule has 4 heteroatoms. The van der Waals surface area contributed by atoms with Crippen LogP contribution in [0.2, 0.25) is 18.1 Å². The molecular weight excluding hydrogens is 254 g/mol. The summed E-state index contributed by atoms with van der Waals surface area (Å²) in [5, 5.41) is 10.8. The second kappa shape index (κ2) is 4.69. The number of H-pyrrole nitrogens is 1. The molecular formula is C15H23NO2Si. The Kier molecular flexibility index (Phi) is 3.49. The molecule has 0 fully saturated rings. The number of fused-ring (bicyclic) bond motifs is 1. The summed E-state index contributed by atoms with van der Waals surface area (Å²) in [5.41, 5.74) is 2.01. The Labute approximate surface area is 115 Å². The van der Waals surface area contributed by atoms with E-state index in [1.165, 1.54) is 0 Å². The van der Waals surface area contributed by atoms with Gasteiger partial charge in [-0.25, -0.2) is 0 Å². The van der Waals surface area contributed by atoms with E-state index in [9.17, 15) is 5.11 Å². The molecule has 1 aromatic heterocycles. The van der Waals surface area contributed by atoms with E-state index in [-0.39, 0.29) is 10.8 Å². The maximum atomic E-state index is 9.46. The number of phenolic OH excluding ortho intramolecular Hbond substituents is 1. The fraction of sp³-hybridized carbons (Fsp3) is 0.467. The molecule has 0 spiro atoms. The summed E-state index contributed by atoms with van der Waals surface area (Å²) >= 11 is 0. The minimum Gasteiger partial charge on any atom is -0.508 e. The van der Waals surface area contributed by atoms with Crippen LogP contribution < -0.4 is 0 Å². The highest BCUT2D eigenvalue weighted by molar-refractivity contribution is 6.74. The van der Waals surface area contributed by atoms with Gasteiger partial charge in [-0.05, 0) is 36.3 Å². The maximum Gasteiger partial charge on any atom is 0.192 e. The molecule has 1 aromatic carbocycles. The van der Waals surface area contributed by atoms with Crippen molar-refractivity contribution in [2.45, 2.75) is 45.5 Å². The largest absolute Gasteiger partial charge is 0.508 e. The Hall–Kier alpha value is -1.26. The molecule has 0 amide bonds. The smallest absolute Gasteiger partial charge is 0.192 e. The Balaban J connectivity index is 2.14. The van der Waals surface area contributed by atoms with Gasteiger partial charge in [0.25, 0.3) is 0 Å². The van der Waals surface area contributed by atoms with Crippen LogP contribution in [-0.2, 0) is 11.0 Å². The number of aromatic amines is 1. The molecule has 0 atom stereocenters. The molecule has 0 saturated heterocycles. The molecule has 1 heterocycles. The van der Waals surface area contributed by atoms with E-state index in [0.717, 1.165) is 16.6 Å². The molecule has 0 aliphatic carbocycles. The van der Waals surface area contributed by atoms with E-state index in [2.05, 4.69) is 44.9 Å². The van der Waals surface area contributed by atoms with Gasteiger partial charge in [-0.15, -0.1) is 0 Å². The van der Waals surface area contributed by atoms with Crippen molar-refractivity contribution in [1.82, 2.24) is 4.98 Å². The van der Waals surface area contributed by atoms with E-state index in [1.807, 2.05) is 6.07 Å². The quantitative estimate of drug-likeness (QED) is 0.817. The van der Waals surface area contributed by atoms with Gasteiger partial charge in [0.2, 0.25) is 0 Å². The number of hydrogen-bond donors (Lipinski definition) is 2. The third-order valence-electron chi connectivity index (χ3n) is 4.06.